The van der Waals surface area contributed by atoms with Gasteiger partial charge in [0.1, 0.15) is 0 Å². The van der Waals surface area contributed by atoms with Crippen molar-refractivity contribution < 1.29 is 9.15 Å². The predicted molar refractivity (Wildman–Crippen MR) is 117 cm³/mol. The Morgan fingerprint density at radius 1 is 1.17 bits per heavy atom. The predicted octanol–water partition coefficient (Wildman–Crippen LogP) is 4.69. The zero-order valence-electron chi connectivity index (χ0n) is 15.8. The molecule has 7 nitrogen and oxygen atoms in total. The van der Waals surface area contributed by atoms with E-state index in [1.165, 1.54) is 11.8 Å². The van der Waals surface area contributed by atoms with Crippen molar-refractivity contribution in [3.05, 3.63) is 68.8 Å². The lowest BCUT2D eigenvalue weighted by atomic mass is 10.2. The lowest BCUT2D eigenvalue weighted by molar-refractivity contribution is 0.183. The Morgan fingerprint density at radius 3 is 2.80 bits per heavy atom. The van der Waals surface area contributed by atoms with Gasteiger partial charge in [-0.2, -0.15) is 0 Å². The number of methoxy groups -OCH3 is 1. The van der Waals surface area contributed by atoms with Crippen molar-refractivity contribution in [1.82, 2.24) is 19.7 Å². The molecular weight excluding hydrogens is 447 g/mol. The molecule has 0 amide bonds. The molecule has 0 aliphatic heterocycles. The van der Waals surface area contributed by atoms with Crippen molar-refractivity contribution in [1.29, 1.82) is 0 Å². The molecule has 0 saturated carbocycles. The molecule has 0 bridgehead atoms. The van der Waals surface area contributed by atoms with Crippen LogP contribution in [0, 0.1) is 0 Å². The Hall–Kier alpha value is -2.39. The zero-order chi connectivity index (χ0) is 21.1. The fourth-order valence-electron chi connectivity index (χ4n) is 2.85. The first kappa shape index (κ1) is 20.9. The van der Waals surface area contributed by atoms with E-state index in [1.54, 1.807) is 35.9 Å². The van der Waals surface area contributed by atoms with Crippen LogP contribution in [0.3, 0.4) is 0 Å². The molecule has 0 aliphatic rings. The SMILES string of the molecule is COCCn1c(SCc2nnc(-c3ccccc3Cl)o2)nc2cc(Cl)ccc2c1=O. The quantitative estimate of drug-likeness (QED) is 0.290. The number of hydrogen-bond donors (Lipinski definition) is 0. The first-order valence-corrected chi connectivity index (χ1v) is 10.7. The largest absolute Gasteiger partial charge is 0.420 e. The lowest BCUT2D eigenvalue weighted by Crippen LogP contribution is -2.25. The number of aromatic nitrogens is 4. The van der Waals surface area contributed by atoms with Crippen LogP contribution in [0.2, 0.25) is 10.0 Å². The number of fused-ring (bicyclic) bond motifs is 1. The Labute approximate surface area is 186 Å². The van der Waals surface area contributed by atoms with Crippen LogP contribution in [0.4, 0.5) is 0 Å². The van der Waals surface area contributed by atoms with E-state index in [9.17, 15) is 4.79 Å². The maximum Gasteiger partial charge on any atom is 0.262 e. The van der Waals surface area contributed by atoms with E-state index in [4.69, 9.17) is 32.4 Å². The van der Waals surface area contributed by atoms with Gasteiger partial charge in [0.05, 0.1) is 40.4 Å². The van der Waals surface area contributed by atoms with Crippen molar-refractivity contribution in [3.63, 3.8) is 0 Å². The van der Waals surface area contributed by atoms with Gasteiger partial charge in [-0.05, 0) is 30.3 Å². The van der Waals surface area contributed by atoms with Gasteiger partial charge in [0, 0.05) is 12.1 Å². The standard InChI is InChI=1S/C20H16Cl2N4O3S/c1-28-9-8-26-19(27)14-7-6-12(21)10-16(14)23-20(26)30-11-17-24-25-18(29-17)13-4-2-3-5-15(13)22/h2-7,10H,8-9,11H2,1H3. The summed E-state index contributed by atoms with van der Waals surface area (Å²) >= 11 is 13.6. The summed E-state index contributed by atoms with van der Waals surface area (Å²) in [5, 5.41) is 10.2. The summed E-state index contributed by atoms with van der Waals surface area (Å²) < 4.78 is 12.5. The number of thioether (sulfide) groups is 1. The third kappa shape index (κ3) is 4.37. The highest BCUT2D eigenvalue weighted by molar-refractivity contribution is 7.98. The molecule has 2 heterocycles. The van der Waals surface area contributed by atoms with Crippen LogP contribution >= 0.6 is 35.0 Å². The van der Waals surface area contributed by atoms with Crippen molar-refractivity contribution in [2.45, 2.75) is 17.5 Å². The highest BCUT2D eigenvalue weighted by Gasteiger charge is 2.15. The second-order valence-electron chi connectivity index (χ2n) is 6.27. The Bertz CT molecular complexity index is 1260. The van der Waals surface area contributed by atoms with Crippen LogP contribution in [0.5, 0.6) is 0 Å². The molecule has 0 fully saturated rings. The summed E-state index contributed by atoms with van der Waals surface area (Å²) in [5.74, 6) is 1.07. The van der Waals surface area contributed by atoms with Crippen molar-refractivity contribution in [3.8, 4) is 11.5 Å². The molecule has 10 heteroatoms. The van der Waals surface area contributed by atoms with Crippen molar-refractivity contribution in [2.24, 2.45) is 0 Å². The summed E-state index contributed by atoms with van der Waals surface area (Å²) in [6, 6.07) is 12.3. The summed E-state index contributed by atoms with van der Waals surface area (Å²) in [7, 11) is 1.58. The summed E-state index contributed by atoms with van der Waals surface area (Å²) in [6.45, 7) is 0.753. The van der Waals surface area contributed by atoms with Crippen LogP contribution < -0.4 is 5.56 Å². The van der Waals surface area contributed by atoms with E-state index in [0.717, 1.165) is 0 Å². The Kier molecular flexibility index (Phi) is 6.38. The molecule has 0 saturated heterocycles. The van der Waals surface area contributed by atoms with Gasteiger partial charge >= 0.3 is 0 Å². The highest BCUT2D eigenvalue weighted by atomic mass is 35.5. The van der Waals surface area contributed by atoms with E-state index in [0.29, 0.717) is 62.4 Å². The number of rotatable bonds is 7. The van der Waals surface area contributed by atoms with E-state index >= 15 is 0 Å². The lowest BCUT2D eigenvalue weighted by Gasteiger charge is -2.12. The monoisotopic (exact) mass is 462 g/mol. The van der Waals surface area contributed by atoms with Gasteiger partial charge in [0.2, 0.25) is 11.8 Å². The Balaban J connectivity index is 1.63. The number of benzene rings is 2. The van der Waals surface area contributed by atoms with Gasteiger partial charge in [0.25, 0.3) is 5.56 Å². The van der Waals surface area contributed by atoms with E-state index in [2.05, 4.69) is 15.2 Å². The average molecular weight is 463 g/mol. The zero-order valence-corrected chi connectivity index (χ0v) is 18.2. The fraction of sp³-hybridized carbons (Fsp3) is 0.200. The normalized spacial score (nSPS) is 11.3. The number of ether oxygens (including phenoxy) is 1. The third-order valence-electron chi connectivity index (χ3n) is 4.30. The molecule has 0 unspecified atom stereocenters. The highest BCUT2D eigenvalue weighted by Crippen LogP contribution is 2.28. The topological polar surface area (TPSA) is 83.0 Å². The van der Waals surface area contributed by atoms with Gasteiger partial charge < -0.3 is 9.15 Å². The Morgan fingerprint density at radius 2 is 2.00 bits per heavy atom. The minimum Gasteiger partial charge on any atom is -0.420 e. The van der Waals surface area contributed by atoms with Crippen LogP contribution in [-0.4, -0.2) is 33.5 Å². The second-order valence-corrected chi connectivity index (χ2v) is 8.06. The molecule has 0 aliphatic carbocycles. The van der Waals surface area contributed by atoms with Gasteiger partial charge in [0.15, 0.2) is 5.16 Å². The first-order chi connectivity index (χ1) is 14.6. The molecule has 30 heavy (non-hydrogen) atoms. The van der Waals surface area contributed by atoms with Gasteiger partial charge in [-0.1, -0.05) is 47.1 Å². The third-order valence-corrected chi connectivity index (χ3v) is 5.82. The van der Waals surface area contributed by atoms with E-state index in [1.807, 2.05) is 18.2 Å². The molecule has 2 aromatic heterocycles. The van der Waals surface area contributed by atoms with Crippen molar-refractivity contribution >= 4 is 45.9 Å². The van der Waals surface area contributed by atoms with Gasteiger partial charge in [-0.3, -0.25) is 9.36 Å². The molecule has 4 aromatic rings. The fourth-order valence-corrected chi connectivity index (χ4v) is 4.09. The second kappa shape index (κ2) is 9.18. The summed E-state index contributed by atoms with van der Waals surface area (Å²) in [5.41, 5.74) is 1.04. The van der Waals surface area contributed by atoms with Crippen LogP contribution in [0.25, 0.3) is 22.4 Å². The molecule has 0 N–H and O–H groups in total. The molecule has 2 aromatic carbocycles. The maximum absolute atomic E-state index is 12.9. The minimum absolute atomic E-state index is 0.154. The summed E-state index contributed by atoms with van der Waals surface area (Å²) in [6.07, 6.45) is 0. The maximum atomic E-state index is 12.9. The summed E-state index contributed by atoms with van der Waals surface area (Å²) in [4.78, 5) is 17.6. The minimum atomic E-state index is -0.154. The molecule has 0 spiro atoms. The van der Waals surface area contributed by atoms with Crippen LogP contribution in [0.1, 0.15) is 5.89 Å². The number of hydrogen-bond acceptors (Lipinski definition) is 7. The number of nitrogens with zero attached hydrogens (tertiary/aromatic N) is 4. The smallest absolute Gasteiger partial charge is 0.262 e. The molecule has 0 radical (unpaired) electrons. The molecule has 154 valence electrons. The van der Waals surface area contributed by atoms with Crippen LogP contribution in [0.15, 0.2) is 56.8 Å². The van der Waals surface area contributed by atoms with Gasteiger partial charge in [-0.25, -0.2) is 4.98 Å². The van der Waals surface area contributed by atoms with Crippen LogP contribution in [-0.2, 0) is 17.0 Å². The molecule has 0 atom stereocenters. The first-order valence-electron chi connectivity index (χ1n) is 8.96. The molecular formula is C20H16Cl2N4O3S. The van der Waals surface area contributed by atoms with Gasteiger partial charge in [-0.15, -0.1) is 10.2 Å². The van der Waals surface area contributed by atoms with Crippen molar-refractivity contribution in [2.75, 3.05) is 13.7 Å². The number of halogens is 2. The van der Waals surface area contributed by atoms with E-state index in [-0.39, 0.29) is 5.56 Å². The molecule has 4 rings (SSSR count). The average Bonchev–Trinajstić information content (AvgIpc) is 3.20. The van der Waals surface area contributed by atoms with E-state index < -0.39 is 0 Å².